The van der Waals surface area contributed by atoms with Crippen LogP contribution in [0.4, 0.5) is 5.69 Å². The van der Waals surface area contributed by atoms with Crippen LogP contribution < -0.4 is 10.1 Å². The van der Waals surface area contributed by atoms with Crippen molar-refractivity contribution in [3.05, 3.63) is 90.5 Å². The molecule has 2 heterocycles. The van der Waals surface area contributed by atoms with E-state index in [1.54, 1.807) is 12.4 Å². The van der Waals surface area contributed by atoms with E-state index in [1.807, 2.05) is 60.7 Å². The molecule has 2 N–H and O–H groups in total. The standard InChI is InChI=1S/C22H19N5O2/c28-21(26-19-8-6-18(7-9-19)22-24-15-25-27-22)12-16-3-1-5-20(11-16)29-14-17-4-2-10-23-13-17/h1-11,13,15H,12,14H2,(H,26,28)(H,24,25,27). The fourth-order valence-corrected chi connectivity index (χ4v) is 2.84. The zero-order chi connectivity index (χ0) is 19.9. The molecule has 0 bridgehead atoms. The number of benzene rings is 2. The number of carbonyl (C=O) groups excluding carboxylic acids is 1. The van der Waals surface area contributed by atoms with Crippen LogP contribution in [-0.4, -0.2) is 26.1 Å². The maximum absolute atomic E-state index is 12.4. The van der Waals surface area contributed by atoms with Crippen molar-refractivity contribution in [1.29, 1.82) is 0 Å². The van der Waals surface area contributed by atoms with E-state index in [1.165, 1.54) is 6.33 Å². The molecule has 7 nitrogen and oxygen atoms in total. The molecule has 29 heavy (non-hydrogen) atoms. The number of rotatable bonds is 7. The van der Waals surface area contributed by atoms with E-state index in [0.717, 1.165) is 28.1 Å². The minimum Gasteiger partial charge on any atom is -0.489 e. The minimum atomic E-state index is -0.0955. The molecular formula is C22H19N5O2. The molecule has 2 aromatic heterocycles. The van der Waals surface area contributed by atoms with Crippen molar-refractivity contribution in [3.8, 4) is 17.1 Å². The molecule has 0 fully saturated rings. The fourth-order valence-electron chi connectivity index (χ4n) is 2.84. The summed E-state index contributed by atoms with van der Waals surface area (Å²) in [5, 5.41) is 9.55. The maximum atomic E-state index is 12.4. The lowest BCUT2D eigenvalue weighted by atomic mass is 10.1. The van der Waals surface area contributed by atoms with Gasteiger partial charge >= 0.3 is 0 Å². The van der Waals surface area contributed by atoms with E-state index in [0.29, 0.717) is 12.4 Å². The van der Waals surface area contributed by atoms with Gasteiger partial charge in [-0.25, -0.2) is 4.98 Å². The molecule has 1 amide bonds. The van der Waals surface area contributed by atoms with Crippen LogP contribution in [0.3, 0.4) is 0 Å². The second kappa shape index (κ2) is 8.79. The van der Waals surface area contributed by atoms with Crippen LogP contribution in [0.2, 0.25) is 0 Å². The molecule has 0 saturated heterocycles. The number of nitrogens with zero attached hydrogens (tertiary/aromatic N) is 3. The molecule has 0 aliphatic rings. The SMILES string of the molecule is O=C(Cc1cccc(OCc2cccnc2)c1)Nc1ccc(-c2ncn[nH]2)cc1. The molecule has 144 valence electrons. The first-order valence-electron chi connectivity index (χ1n) is 9.12. The number of aromatic nitrogens is 4. The second-order valence-corrected chi connectivity index (χ2v) is 6.43. The fraction of sp³-hybridized carbons (Fsp3) is 0.0909. The molecule has 0 aliphatic carbocycles. The average Bonchev–Trinajstić information content (AvgIpc) is 3.29. The summed E-state index contributed by atoms with van der Waals surface area (Å²) in [6.07, 6.45) is 5.21. The summed E-state index contributed by atoms with van der Waals surface area (Å²) in [4.78, 5) is 20.6. The number of pyridine rings is 1. The first-order valence-corrected chi connectivity index (χ1v) is 9.12. The maximum Gasteiger partial charge on any atom is 0.228 e. The van der Waals surface area contributed by atoms with E-state index in [9.17, 15) is 4.79 Å². The van der Waals surface area contributed by atoms with Gasteiger partial charge in [-0.1, -0.05) is 18.2 Å². The Balaban J connectivity index is 1.33. The zero-order valence-electron chi connectivity index (χ0n) is 15.6. The topological polar surface area (TPSA) is 92.8 Å². The highest BCUT2D eigenvalue weighted by Crippen LogP contribution is 2.18. The predicted octanol–water partition coefficient (Wildman–Crippen LogP) is 3.63. The lowest BCUT2D eigenvalue weighted by molar-refractivity contribution is -0.115. The number of hydrogen-bond donors (Lipinski definition) is 2. The van der Waals surface area contributed by atoms with E-state index in [4.69, 9.17) is 4.74 Å². The van der Waals surface area contributed by atoms with Gasteiger partial charge in [-0.3, -0.25) is 14.9 Å². The van der Waals surface area contributed by atoms with Crippen molar-refractivity contribution in [2.75, 3.05) is 5.32 Å². The van der Waals surface area contributed by atoms with Crippen LogP contribution in [0, 0.1) is 0 Å². The first-order chi connectivity index (χ1) is 14.3. The van der Waals surface area contributed by atoms with Gasteiger partial charge in [0.25, 0.3) is 0 Å². The molecular weight excluding hydrogens is 366 g/mol. The Morgan fingerprint density at radius 3 is 2.66 bits per heavy atom. The third kappa shape index (κ3) is 5.04. The number of aromatic amines is 1. The summed E-state index contributed by atoms with van der Waals surface area (Å²) in [6, 6.07) is 18.8. The highest BCUT2D eigenvalue weighted by molar-refractivity contribution is 5.92. The monoisotopic (exact) mass is 385 g/mol. The summed E-state index contributed by atoms with van der Waals surface area (Å²) < 4.78 is 5.80. The van der Waals surface area contributed by atoms with Gasteiger partial charge in [-0.15, -0.1) is 0 Å². The lowest BCUT2D eigenvalue weighted by Crippen LogP contribution is -2.14. The van der Waals surface area contributed by atoms with Crippen molar-refractivity contribution in [1.82, 2.24) is 20.2 Å². The number of carbonyl (C=O) groups is 1. The van der Waals surface area contributed by atoms with Crippen LogP contribution in [0.5, 0.6) is 5.75 Å². The number of nitrogens with one attached hydrogen (secondary N) is 2. The van der Waals surface area contributed by atoms with Crippen LogP contribution in [0.25, 0.3) is 11.4 Å². The molecule has 7 heteroatoms. The first kappa shape index (κ1) is 18.4. The largest absolute Gasteiger partial charge is 0.489 e. The van der Waals surface area contributed by atoms with Gasteiger partial charge < -0.3 is 10.1 Å². The predicted molar refractivity (Wildman–Crippen MR) is 109 cm³/mol. The molecule has 0 aliphatic heterocycles. The van der Waals surface area contributed by atoms with E-state index >= 15 is 0 Å². The third-order valence-electron chi connectivity index (χ3n) is 4.25. The molecule has 0 unspecified atom stereocenters. The zero-order valence-corrected chi connectivity index (χ0v) is 15.6. The Kier molecular flexibility index (Phi) is 5.57. The lowest BCUT2D eigenvalue weighted by Gasteiger charge is -2.09. The van der Waals surface area contributed by atoms with Crippen LogP contribution in [0.1, 0.15) is 11.1 Å². The minimum absolute atomic E-state index is 0.0955. The Morgan fingerprint density at radius 2 is 1.90 bits per heavy atom. The Morgan fingerprint density at radius 1 is 1.03 bits per heavy atom. The highest BCUT2D eigenvalue weighted by Gasteiger charge is 2.07. The Hall–Kier alpha value is -4.00. The van der Waals surface area contributed by atoms with Crippen LogP contribution in [-0.2, 0) is 17.8 Å². The molecule has 0 spiro atoms. The van der Waals surface area contributed by atoms with Crippen LogP contribution >= 0.6 is 0 Å². The molecule has 4 rings (SSSR count). The van der Waals surface area contributed by atoms with E-state index in [-0.39, 0.29) is 12.3 Å². The second-order valence-electron chi connectivity index (χ2n) is 6.43. The molecule has 0 atom stereocenters. The summed E-state index contributed by atoms with van der Waals surface area (Å²) in [5.41, 5.74) is 3.50. The number of ether oxygens (including phenoxy) is 1. The quantitative estimate of drug-likeness (QED) is 0.507. The summed E-state index contributed by atoms with van der Waals surface area (Å²) in [7, 11) is 0. The normalized spacial score (nSPS) is 10.5. The summed E-state index contributed by atoms with van der Waals surface area (Å²) >= 11 is 0. The number of H-pyrrole nitrogens is 1. The van der Waals surface area contributed by atoms with Crippen molar-refractivity contribution in [2.24, 2.45) is 0 Å². The van der Waals surface area contributed by atoms with Gasteiger partial charge in [0.15, 0.2) is 5.82 Å². The van der Waals surface area contributed by atoms with E-state index in [2.05, 4.69) is 25.5 Å². The third-order valence-corrected chi connectivity index (χ3v) is 4.25. The highest BCUT2D eigenvalue weighted by atomic mass is 16.5. The van der Waals surface area contributed by atoms with E-state index < -0.39 is 0 Å². The molecule has 0 radical (unpaired) electrons. The van der Waals surface area contributed by atoms with Crippen molar-refractivity contribution in [3.63, 3.8) is 0 Å². The van der Waals surface area contributed by atoms with Gasteiger partial charge in [0.2, 0.25) is 5.91 Å². The van der Waals surface area contributed by atoms with Gasteiger partial charge in [-0.05, 0) is 48.0 Å². The summed E-state index contributed by atoms with van der Waals surface area (Å²) in [5.74, 6) is 1.31. The Bertz CT molecular complexity index is 1060. The Labute approximate surface area is 167 Å². The van der Waals surface area contributed by atoms with Gasteiger partial charge in [0.05, 0.1) is 6.42 Å². The molecule has 0 saturated carbocycles. The van der Waals surface area contributed by atoms with Crippen molar-refractivity contribution < 1.29 is 9.53 Å². The number of hydrogen-bond acceptors (Lipinski definition) is 5. The van der Waals surface area contributed by atoms with Crippen molar-refractivity contribution in [2.45, 2.75) is 13.0 Å². The average molecular weight is 385 g/mol. The smallest absolute Gasteiger partial charge is 0.228 e. The number of amides is 1. The molecule has 2 aromatic carbocycles. The van der Waals surface area contributed by atoms with Gasteiger partial charge in [-0.2, -0.15) is 5.10 Å². The van der Waals surface area contributed by atoms with Crippen molar-refractivity contribution >= 4 is 11.6 Å². The summed E-state index contributed by atoms with van der Waals surface area (Å²) in [6.45, 7) is 0.432. The van der Waals surface area contributed by atoms with Gasteiger partial charge in [0, 0.05) is 29.2 Å². The molecule has 4 aromatic rings. The number of anilines is 1. The van der Waals surface area contributed by atoms with Gasteiger partial charge in [0.1, 0.15) is 18.7 Å². The van der Waals surface area contributed by atoms with Crippen LogP contribution in [0.15, 0.2) is 79.4 Å².